The Bertz CT molecular complexity index is 942. The third-order valence-corrected chi connectivity index (χ3v) is 5.69. The van der Waals surface area contributed by atoms with Crippen LogP contribution < -0.4 is 5.32 Å². The molecule has 1 N–H and O–H groups in total. The summed E-state index contributed by atoms with van der Waals surface area (Å²) in [5.41, 5.74) is 0.544. The van der Waals surface area contributed by atoms with E-state index in [9.17, 15) is 18.0 Å². The molecule has 0 aliphatic carbocycles. The van der Waals surface area contributed by atoms with Crippen molar-refractivity contribution in [2.24, 2.45) is 4.40 Å². The number of anilines is 1. The average molecular weight is 382 g/mol. The summed E-state index contributed by atoms with van der Waals surface area (Å²) in [6, 6.07) is 0. The zero-order chi connectivity index (χ0) is 18.2. The largest absolute Gasteiger partial charge is 0.465 e. The van der Waals surface area contributed by atoms with Gasteiger partial charge in [-0.1, -0.05) is 11.3 Å². The number of aromatic nitrogens is 1. The van der Waals surface area contributed by atoms with E-state index in [1.54, 1.807) is 24.1 Å². The molecular weight excluding hydrogens is 368 g/mol. The van der Waals surface area contributed by atoms with Gasteiger partial charge in [-0.2, -0.15) is 0 Å². The maximum atomic E-state index is 12.5. The third-order valence-electron chi connectivity index (χ3n) is 3.49. The van der Waals surface area contributed by atoms with Crippen molar-refractivity contribution in [3.63, 3.8) is 0 Å². The van der Waals surface area contributed by atoms with Gasteiger partial charge in [0, 0.05) is 12.7 Å². The number of carbonyl (C=O) groups excluding carboxylic acids is 2. The molecule has 0 fully saturated rings. The fourth-order valence-electron chi connectivity index (χ4n) is 2.29. The summed E-state index contributed by atoms with van der Waals surface area (Å²) in [6.07, 6.45) is 4.78. The highest BCUT2D eigenvalue weighted by Crippen LogP contribution is 2.25. The number of aryl methyl sites for hydroxylation is 1. The number of fused-ring (bicyclic) bond motifs is 1. The molecule has 0 unspecified atom stereocenters. The molecule has 3 rings (SSSR count). The number of esters is 1. The molecule has 11 heteroatoms. The van der Waals surface area contributed by atoms with E-state index >= 15 is 0 Å². The number of carbonyl (C=O) groups is 2. The molecule has 132 valence electrons. The van der Waals surface area contributed by atoms with Gasteiger partial charge < -0.3 is 9.64 Å². The number of sulfonamides is 1. The highest BCUT2D eigenvalue weighted by molar-refractivity contribution is 7.90. The zero-order valence-corrected chi connectivity index (χ0v) is 15.0. The van der Waals surface area contributed by atoms with Crippen molar-refractivity contribution in [3.8, 4) is 0 Å². The minimum absolute atomic E-state index is 0.0766. The molecule has 3 heterocycles. The minimum Gasteiger partial charge on any atom is -0.465 e. The van der Waals surface area contributed by atoms with Gasteiger partial charge >= 0.3 is 5.97 Å². The van der Waals surface area contributed by atoms with Gasteiger partial charge in [0.25, 0.3) is 15.9 Å². The summed E-state index contributed by atoms with van der Waals surface area (Å²) < 4.78 is 31.8. The molecule has 2 aliphatic heterocycles. The van der Waals surface area contributed by atoms with Gasteiger partial charge in [-0.3, -0.25) is 10.1 Å². The number of allylic oxidation sites excluding steroid dienone is 2. The molecule has 0 bridgehead atoms. The van der Waals surface area contributed by atoms with Crippen LogP contribution in [0.3, 0.4) is 0 Å². The van der Waals surface area contributed by atoms with Gasteiger partial charge in [-0.25, -0.2) is 18.2 Å². The topological polar surface area (TPSA) is 118 Å². The first-order valence-corrected chi connectivity index (χ1v) is 9.58. The highest BCUT2D eigenvalue weighted by Gasteiger charge is 2.30. The molecule has 1 amide bonds. The van der Waals surface area contributed by atoms with Crippen LogP contribution in [0.1, 0.15) is 15.4 Å². The molecule has 1 aromatic rings. The second kappa shape index (κ2) is 6.41. The number of rotatable bonds is 3. The molecule has 25 heavy (non-hydrogen) atoms. The monoisotopic (exact) mass is 382 g/mol. The molecular formula is C14H14N4O5S2. The van der Waals surface area contributed by atoms with Gasteiger partial charge in [0.05, 0.1) is 24.1 Å². The Balaban J connectivity index is 1.86. The lowest BCUT2D eigenvalue weighted by atomic mass is 10.1. The fourth-order valence-corrected chi connectivity index (χ4v) is 4.15. The van der Waals surface area contributed by atoms with E-state index in [2.05, 4.69) is 19.4 Å². The predicted octanol–water partition coefficient (Wildman–Crippen LogP) is 0.674. The Morgan fingerprint density at radius 1 is 1.40 bits per heavy atom. The summed E-state index contributed by atoms with van der Waals surface area (Å²) >= 11 is 0.979. The van der Waals surface area contributed by atoms with Crippen molar-refractivity contribution in [2.45, 2.75) is 6.92 Å². The lowest BCUT2D eigenvalue weighted by Crippen LogP contribution is -2.40. The van der Waals surface area contributed by atoms with Crippen molar-refractivity contribution in [1.29, 1.82) is 0 Å². The second-order valence-electron chi connectivity index (χ2n) is 5.20. The molecule has 0 atom stereocenters. The predicted molar refractivity (Wildman–Crippen MR) is 92.0 cm³/mol. The number of amides is 1. The lowest BCUT2D eigenvalue weighted by molar-refractivity contribution is -0.112. The van der Waals surface area contributed by atoms with Gasteiger partial charge in [0.2, 0.25) is 0 Å². The third kappa shape index (κ3) is 3.46. The number of hydrogen-bond donors (Lipinski definition) is 1. The van der Waals surface area contributed by atoms with Crippen LogP contribution in [0.2, 0.25) is 0 Å². The van der Waals surface area contributed by atoms with Crippen LogP contribution in [0.25, 0.3) is 0 Å². The Morgan fingerprint density at radius 3 is 2.88 bits per heavy atom. The van der Waals surface area contributed by atoms with Crippen molar-refractivity contribution in [3.05, 3.63) is 34.5 Å². The van der Waals surface area contributed by atoms with E-state index in [0.29, 0.717) is 5.69 Å². The van der Waals surface area contributed by atoms with Crippen molar-refractivity contribution in [1.82, 2.24) is 9.88 Å². The molecule has 2 aliphatic rings. The molecule has 0 radical (unpaired) electrons. The van der Waals surface area contributed by atoms with E-state index in [1.165, 1.54) is 13.2 Å². The zero-order valence-electron chi connectivity index (χ0n) is 13.3. The Kier molecular flexibility index (Phi) is 4.43. The first-order valence-electron chi connectivity index (χ1n) is 7.16. The summed E-state index contributed by atoms with van der Waals surface area (Å²) in [5, 5.41) is 2.78. The quantitative estimate of drug-likeness (QED) is 0.764. The normalized spacial score (nSPS) is 18.1. The SMILES string of the molecule is COC(=O)c1sc(NC(=O)C2=CC=CN3CCS(=O)(=O)N=C23)nc1C. The van der Waals surface area contributed by atoms with Crippen LogP contribution in [-0.2, 0) is 19.6 Å². The molecule has 9 nitrogen and oxygen atoms in total. The fraction of sp³-hybridized carbons (Fsp3) is 0.286. The van der Waals surface area contributed by atoms with Crippen molar-refractivity contribution in [2.75, 3.05) is 24.7 Å². The van der Waals surface area contributed by atoms with E-state index in [0.717, 1.165) is 11.3 Å². The Labute approximate surface area is 147 Å². The summed E-state index contributed by atoms with van der Waals surface area (Å²) in [4.78, 5) is 30.1. The number of ether oxygens (including phenoxy) is 1. The van der Waals surface area contributed by atoms with E-state index in [-0.39, 0.29) is 33.7 Å². The average Bonchev–Trinajstić information content (AvgIpc) is 2.93. The Morgan fingerprint density at radius 2 is 2.16 bits per heavy atom. The van der Waals surface area contributed by atoms with Crippen LogP contribution in [0.4, 0.5) is 5.13 Å². The summed E-state index contributed by atoms with van der Waals surface area (Å²) in [5.74, 6) is -1.13. The standard InChI is InChI=1S/C14H14N4O5S2/c1-8-10(13(20)23-2)24-14(15-8)16-12(19)9-4-3-5-18-6-7-25(21,22)17-11(9)18/h3-5H,6-7H2,1-2H3,(H,15,16,19). The van der Waals surface area contributed by atoms with Gasteiger partial charge in [-0.15, -0.1) is 4.40 Å². The number of nitrogens with one attached hydrogen (secondary N) is 1. The maximum absolute atomic E-state index is 12.5. The molecule has 0 aromatic carbocycles. The van der Waals surface area contributed by atoms with E-state index in [4.69, 9.17) is 0 Å². The highest BCUT2D eigenvalue weighted by atomic mass is 32.2. The molecule has 0 spiro atoms. The van der Waals surface area contributed by atoms with Crippen LogP contribution in [0.5, 0.6) is 0 Å². The number of methoxy groups -OCH3 is 1. The van der Waals surface area contributed by atoms with Gasteiger partial charge in [0.1, 0.15) is 4.88 Å². The number of thiazole rings is 1. The maximum Gasteiger partial charge on any atom is 0.350 e. The smallest absolute Gasteiger partial charge is 0.350 e. The minimum atomic E-state index is -3.59. The van der Waals surface area contributed by atoms with Crippen LogP contribution in [-0.4, -0.2) is 55.4 Å². The van der Waals surface area contributed by atoms with E-state index < -0.39 is 21.9 Å². The van der Waals surface area contributed by atoms with Gasteiger partial charge in [0.15, 0.2) is 11.0 Å². The Hall–Kier alpha value is -2.53. The summed E-state index contributed by atoms with van der Waals surface area (Å²) in [7, 11) is -2.33. The van der Waals surface area contributed by atoms with Crippen LogP contribution >= 0.6 is 11.3 Å². The number of hydrogen-bond acceptors (Lipinski definition) is 8. The van der Waals surface area contributed by atoms with Crippen molar-refractivity contribution < 1.29 is 22.7 Å². The number of nitrogens with zero attached hydrogens (tertiary/aromatic N) is 3. The number of amidine groups is 1. The van der Waals surface area contributed by atoms with Gasteiger partial charge in [-0.05, 0) is 19.1 Å². The van der Waals surface area contributed by atoms with Crippen LogP contribution in [0, 0.1) is 6.92 Å². The van der Waals surface area contributed by atoms with Crippen LogP contribution in [0.15, 0.2) is 28.3 Å². The molecule has 0 saturated carbocycles. The first-order chi connectivity index (χ1) is 11.8. The second-order valence-corrected chi connectivity index (χ2v) is 7.95. The van der Waals surface area contributed by atoms with Crippen molar-refractivity contribution >= 4 is 44.2 Å². The summed E-state index contributed by atoms with van der Waals surface area (Å²) in [6.45, 7) is 1.85. The molecule has 1 aromatic heterocycles. The molecule has 0 saturated heterocycles. The lowest BCUT2D eigenvalue weighted by Gasteiger charge is -2.28. The first kappa shape index (κ1) is 17.3. The van der Waals surface area contributed by atoms with E-state index in [1.807, 2.05) is 0 Å².